The maximum atomic E-state index is 14.6. The third kappa shape index (κ3) is 4.20. The Hall–Kier alpha value is -2.40. The number of ether oxygens (including phenoxy) is 1. The highest BCUT2D eigenvalue weighted by Gasteiger charge is 2.48. The van der Waals surface area contributed by atoms with Gasteiger partial charge in [0.1, 0.15) is 27.5 Å². The molecular weight excluding hydrogens is 381 g/mol. The van der Waals surface area contributed by atoms with E-state index in [-0.39, 0.29) is 17.2 Å². The summed E-state index contributed by atoms with van der Waals surface area (Å²) in [6.45, 7) is 9.82. The van der Waals surface area contributed by atoms with Gasteiger partial charge in [-0.05, 0) is 59.7 Å². The van der Waals surface area contributed by atoms with Crippen LogP contribution in [-0.2, 0) is 20.0 Å². The highest BCUT2D eigenvalue weighted by molar-refractivity contribution is 7.94. The maximum absolute atomic E-state index is 14.6. The van der Waals surface area contributed by atoms with Gasteiger partial charge >= 0.3 is 6.09 Å². The van der Waals surface area contributed by atoms with Gasteiger partial charge in [0.15, 0.2) is 0 Å². The minimum Gasteiger partial charge on any atom is -0.444 e. The van der Waals surface area contributed by atoms with Crippen molar-refractivity contribution in [3.63, 3.8) is 0 Å². The van der Waals surface area contributed by atoms with Gasteiger partial charge in [-0.2, -0.15) is 0 Å². The van der Waals surface area contributed by atoms with E-state index in [0.717, 1.165) is 0 Å². The minimum atomic E-state index is -3.31. The number of carbonyl (C=O) groups excluding carboxylic acids is 1. The predicted molar refractivity (Wildman–Crippen MR) is 108 cm³/mol. The molecule has 0 aliphatic carbocycles. The van der Waals surface area contributed by atoms with Crippen LogP contribution in [0.1, 0.15) is 52.7 Å². The van der Waals surface area contributed by atoms with Crippen molar-refractivity contribution in [2.45, 2.75) is 57.4 Å². The van der Waals surface area contributed by atoms with E-state index in [1.165, 1.54) is 18.2 Å². The van der Waals surface area contributed by atoms with E-state index in [1.54, 1.807) is 41.5 Å². The summed E-state index contributed by atoms with van der Waals surface area (Å²) in [5.41, 5.74) is -1.52. The van der Waals surface area contributed by atoms with Crippen molar-refractivity contribution < 1.29 is 18.1 Å². The summed E-state index contributed by atoms with van der Waals surface area (Å²) < 4.78 is 40.2. The number of amidine groups is 1. The average Bonchev–Trinajstić information content (AvgIpc) is 2.51. The highest BCUT2D eigenvalue weighted by atomic mass is 32.2. The Bertz CT molecular complexity index is 985. The van der Waals surface area contributed by atoms with Crippen molar-refractivity contribution in [3.8, 4) is 12.3 Å². The van der Waals surface area contributed by atoms with Crippen molar-refractivity contribution >= 4 is 21.7 Å². The number of amides is 1. The number of hydrogen-bond acceptors (Lipinski definition) is 5. The second kappa shape index (κ2) is 6.89. The first-order valence-electron chi connectivity index (χ1n) is 8.74. The number of halogens is 1. The third-order valence-corrected chi connectivity index (χ3v) is 7.38. The van der Waals surface area contributed by atoms with Gasteiger partial charge in [-0.25, -0.2) is 13.4 Å². The van der Waals surface area contributed by atoms with Crippen LogP contribution >= 0.6 is 0 Å². The first-order valence-corrected chi connectivity index (χ1v) is 10.5. The van der Waals surface area contributed by atoms with E-state index >= 15 is 0 Å². The van der Waals surface area contributed by atoms with Crippen molar-refractivity contribution in [1.82, 2.24) is 5.32 Å². The molecule has 1 aliphatic rings. The first kappa shape index (κ1) is 21.9. The van der Waals surface area contributed by atoms with E-state index in [4.69, 9.17) is 15.9 Å². The summed E-state index contributed by atoms with van der Waals surface area (Å²) in [7, 11) is -3.31. The summed E-state index contributed by atoms with van der Waals surface area (Å²) >= 11 is 0. The SMILES string of the molecule is C#Cc1ccc(F)c([C@]2(C)CS(=N)(=O)C(C)(C)C(NC(=O)OC(C)(C)C)=N2)c1. The summed E-state index contributed by atoms with van der Waals surface area (Å²) in [5.74, 6) is 1.67. The lowest BCUT2D eigenvalue weighted by molar-refractivity contribution is 0.0561. The largest absolute Gasteiger partial charge is 0.444 e. The van der Waals surface area contributed by atoms with Gasteiger partial charge in [0, 0.05) is 11.1 Å². The Balaban J connectivity index is 2.61. The molecule has 8 heteroatoms. The fourth-order valence-electron chi connectivity index (χ4n) is 2.89. The predicted octanol–water partition coefficient (Wildman–Crippen LogP) is 3.78. The number of alkyl carbamates (subject to hydrolysis) is 1. The van der Waals surface area contributed by atoms with Crippen LogP contribution in [0.15, 0.2) is 23.2 Å². The van der Waals surface area contributed by atoms with Crippen LogP contribution in [0.5, 0.6) is 0 Å². The van der Waals surface area contributed by atoms with Crippen molar-refractivity contribution in [2.75, 3.05) is 5.75 Å². The number of rotatable bonds is 1. The quantitative estimate of drug-likeness (QED) is 0.694. The number of aliphatic imine (C=N–C) groups is 1. The Kier molecular flexibility index (Phi) is 5.39. The van der Waals surface area contributed by atoms with Gasteiger partial charge in [-0.15, -0.1) is 6.42 Å². The van der Waals surface area contributed by atoms with Gasteiger partial charge in [-0.1, -0.05) is 5.92 Å². The average molecular weight is 408 g/mol. The molecule has 1 unspecified atom stereocenters. The third-order valence-electron chi connectivity index (χ3n) is 4.57. The molecular formula is C20H26FN3O3S. The zero-order chi connectivity index (χ0) is 21.5. The van der Waals surface area contributed by atoms with Crippen LogP contribution in [0.3, 0.4) is 0 Å². The molecule has 0 aromatic heterocycles. The van der Waals surface area contributed by atoms with E-state index < -0.39 is 37.5 Å². The zero-order valence-corrected chi connectivity index (χ0v) is 17.8. The normalized spacial score (nSPS) is 26.7. The molecule has 0 saturated carbocycles. The molecule has 0 spiro atoms. The fraction of sp³-hybridized carbons (Fsp3) is 0.500. The fourth-order valence-corrected chi connectivity index (χ4v) is 4.67. The maximum Gasteiger partial charge on any atom is 0.413 e. The molecule has 0 fully saturated rings. The van der Waals surface area contributed by atoms with Crippen LogP contribution < -0.4 is 5.32 Å². The van der Waals surface area contributed by atoms with Crippen molar-refractivity contribution in [3.05, 3.63) is 35.1 Å². The second-order valence-electron chi connectivity index (χ2n) is 8.53. The number of hydrogen-bond donors (Lipinski definition) is 2. The summed E-state index contributed by atoms with van der Waals surface area (Å²) in [5, 5.41) is 2.52. The van der Waals surface area contributed by atoms with Crippen LogP contribution in [0.4, 0.5) is 9.18 Å². The van der Waals surface area contributed by atoms with Crippen LogP contribution in [0.25, 0.3) is 0 Å². The molecule has 152 valence electrons. The first-order chi connectivity index (χ1) is 12.6. The lowest BCUT2D eigenvalue weighted by atomic mass is 9.92. The summed E-state index contributed by atoms with van der Waals surface area (Å²) in [6.07, 6.45) is 4.63. The molecule has 2 N–H and O–H groups in total. The minimum absolute atomic E-state index is 0.0148. The Labute approximate surface area is 165 Å². The smallest absolute Gasteiger partial charge is 0.413 e. The van der Waals surface area contributed by atoms with Gasteiger partial charge in [0.2, 0.25) is 0 Å². The van der Waals surface area contributed by atoms with Gasteiger partial charge in [0.25, 0.3) is 0 Å². The van der Waals surface area contributed by atoms with Crippen LogP contribution in [0.2, 0.25) is 0 Å². The molecule has 1 amide bonds. The molecule has 2 atom stereocenters. The summed E-state index contributed by atoms with van der Waals surface area (Å²) in [6, 6.07) is 4.13. The number of terminal acetylenes is 1. The van der Waals surface area contributed by atoms with Gasteiger partial charge in [0.05, 0.1) is 15.5 Å². The second-order valence-corrected chi connectivity index (χ2v) is 11.2. The van der Waals surface area contributed by atoms with E-state index in [0.29, 0.717) is 5.56 Å². The van der Waals surface area contributed by atoms with E-state index in [1.807, 2.05) is 0 Å². The highest BCUT2D eigenvalue weighted by Crippen LogP contribution is 2.38. The molecule has 6 nitrogen and oxygen atoms in total. The number of benzene rings is 1. The molecule has 28 heavy (non-hydrogen) atoms. The molecule has 0 radical (unpaired) electrons. The molecule has 2 rings (SSSR count). The zero-order valence-electron chi connectivity index (χ0n) is 17.0. The lowest BCUT2D eigenvalue weighted by Gasteiger charge is -2.41. The van der Waals surface area contributed by atoms with Gasteiger partial charge in [-0.3, -0.25) is 15.1 Å². The van der Waals surface area contributed by atoms with Crippen molar-refractivity contribution in [1.29, 1.82) is 4.78 Å². The molecule has 1 aromatic rings. The molecule has 1 heterocycles. The van der Waals surface area contributed by atoms with Gasteiger partial charge < -0.3 is 4.74 Å². The Morgan fingerprint density at radius 2 is 2.00 bits per heavy atom. The standard InChI is InChI=1S/C20H26FN3O3S/c1-8-13-9-10-15(21)14(11-13)20(7)12-28(22,26)19(5,6)16(24-20)23-17(25)27-18(2,3)4/h1,9-11,22H,12H2,2-7H3,(H,23,24,25)/t20-,28?/m0/s1. The number of nitrogens with zero attached hydrogens (tertiary/aromatic N) is 1. The molecule has 0 saturated heterocycles. The number of carbonyl (C=O) groups is 1. The van der Waals surface area contributed by atoms with E-state index in [2.05, 4.69) is 16.2 Å². The van der Waals surface area contributed by atoms with Crippen LogP contribution in [0, 0.1) is 22.9 Å². The summed E-state index contributed by atoms with van der Waals surface area (Å²) in [4.78, 5) is 16.8. The Morgan fingerprint density at radius 1 is 1.39 bits per heavy atom. The van der Waals surface area contributed by atoms with Crippen LogP contribution in [-0.4, -0.2) is 32.2 Å². The van der Waals surface area contributed by atoms with Crippen molar-refractivity contribution in [2.24, 2.45) is 4.99 Å². The number of nitrogens with one attached hydrogen (secondary N) is 2. The lowest BCUT2D eigenvalue weighted by Crippen LogP contribution is -2.57. The monoisotopic (exact) mass is 407 g/mol. The molecule has 1 aliphatic heterocycles. The molecule has 1 aromatic carbocycles. The topological polar surface area (TPSA) is 91.6 Å². The Morgan fingerprint density at radius 3 is 2.54 bits per heavy atom. The van der Waals surface area contributed by atoms with E-state index in [9.17, 15) is 13.4 Å². The molecule has 0 bridgehead atoms.